The molecule has 1 atom stereocenters. The lowest BCUT2D eigenvalue weighted by Crippen LogP contribution is -2.26. The minimum Gasteiger partial charge on any atom is -0.383 e. The summed E-state index contributed by atoms with van der Waals surface area (Å²) in [4.78, 5) is 10.7. The maximum atomic E-state index is 6.02. The number of hydrogen-bond donors (Lipinski definition) is 1. The summed E-state index contributed by atoms with van der Waals surface area (Å²) in [6.07, 6.45) is 6.58. The van der Waals surface area contributed by atoms with E-state index in [9.17, 15) is 0 Å². The molecule has 0 saturated carbocycles. The first-order valence-corrected chi connectivity index (χ1v) is 7.36. The molecule has 0 aliphatic rings. The van der Waals surface area contributed by atoms with Crippen LogP contribution in [0.25, 0.3) is 11.3 Å². The van der Waals surface area contributed by atoms with E-state index in [1.165, 1.54) is 0 Å². The molecule has 0 saturated heterocycles. The lowest BCUT2D eigenvalue weighted by Gasteiger charge is -2.26. The minimum atomic E-state index is 0.372. The number of anilines is 1. The van der Waals surface area contributed by atoms with Gasteiger partial charge in [-0.1, -0.05) is 13.8 Å². The molecular formula is C16H25N5. The van der Waals surface area contributed by atoms with Crippen LogP contribution in [0.4, 0.5) is 5.82 Å². The van der Waals surface area contributed by atoms with Crippen LogP contribution < -0.4 is 5.73 Å². The Morgan fingerprint density at radius 1 is 1.33 bits per heavy atom. The van der Waals surface area contributed by atoms with Crippen LogP contribution in [0.5, 0.6) is 0 Å². The van der Waals surface area contributed by atoms with E-state index in [1.807, 2.05) is 24.7 Å². The molecule has 5 heteroatoms. The fraction of sp³-hybridized carbons (Fsp3) is 0.500. The van der Waals surface area contributed by atoms with Gasteiger partial charge in [0.25, 0.3) is 0 Å². The Morgan fingerprint density at radius 2 is 2.10 bits per heavy atom. The summed E-state index contributed by atoms with van der Waals surface area (Å²) in [7, 11) is 4.20. The van der Waals surface area contributed by atoms with Gasteiger partial charge < -0.3 is 15.2 Å². The van der Waals surface area contributed by atoms with Crippen molar-refractivity contribution >= 4 is 5.82 Å². The second-order valence-electron chi connectivity index (χ2n) is 6.17. The standard InChI is InChI=1S/C16H25N5/c1-12(2)8-13(10-20(3)4)21-11-18-9-15(21)14-6-5-7-19-16(14)17/h5-7,9,11-13H,8,10H2,1-4H3,(H2,17,19). The topological polar surface area (TPSA) is 60.0 Å². The van der Waals surface area contributed by atoms with Gasteiger partial charge in [-0.25, -0.2) is 9.97 Å². The van der Waals surface area contributed by atoms with E-state index in [4.69, 9.17) is 5.73 Å². The molecule has 0 aliphatic carbocycles. The fourth-order valence-corrected chi connectivity index (χ4v) is 2.68. The summed E-state index contributed by atoms with van der Waals surface area (Å²) in [5, 5.41) is 0. The Morgan fingerprint density at radius 3 is 2.71 bits per heavy atom. The summed E-state index contributed by atoms with van der Waals surface area (Å²) < 4.78 is 2.23. The Balaban J connectivity index is 2.39. The molecule has 0 bridgehead atoms. The van der Waals surface area contributed by atoms with E-state index in [-0.39, 0.29) is 0 Å². The van der Waals surface area contributed by atoms with Gasteiger partial charge in [-0.2, -0.15) is 0 Å². The normalized spacial score (nSPS) is 13.0. The number of imidazole rings is 1. The number of nitrogens with two attached hydrogens (primary N) is 1. The third-order valence-corrected chi connectivity index (χ3v) is 3.49. The SMILES string of the molecule is CC(C)CC(CN(C)C)n1cncc1-c1cccnc1N. The molecule has 21 heavy (non-hydrogen) atoms. The predicted octanol–water partition coefficient (Wildman–Crippen LogP) is 2.68. The number of hydrogen-bond acceptors (Lipinski definition) is 4. The second kappa shape index (κ2) is 6.72. The molecule has 2 rings (SSSR count). The van der Waals surface area contributed by atoms with Crippen LogP contribution in [0, 0.1) is 5.92 Å². The highest BCUT2D eigenvalue weighted by molar-refractivity contribution is 5.70. The largest absolute Gasteiger partial charge is 0.383 e. The lowest BCUT2D eigenvalue weighted by atomic mass is 10.0. The number of likely N-dealkylation sites (N-methyl/N-ethyl adjacent to an activating group) is 1. The van der Waals surface area contributed by atoms with Crippen molar-refractivity contribution in [3.8, 4) is 11.3 Å². The highest BCUT2D eigenvalue weighted by Gasteiger charge is 2.18. The third kappa shape index (κ3) is 3.82. The van der Waals surface area contributed by atoms with Crippen LogP contribution in [0.1, 0.15) is 26.3 Å². The minimum absolute atomic E-state index is 0.372. The van der Waals surface area contributed by atoms with E-state index in [0.717, 1.165) is 24.2 Å². The molecule has 0 spiro atoms. The van der Waals surface area contributed by atoms with Gasteiger partial charge in [-0.15, -0.1) is 0 Å². The smallest absolute Gasteiger partial charge is 0.132 e. The Kier molecular flexibility index (Phi) is 4.96. The molecule has 0 radical (unpaired) electrons. The van der Waals surface area contributed by atoms with Crippen LogP contribution in [0.15, 0.2) is 30.9 Å². The average Bonchev–Trinajstić information content (AvgIpc) is 2.86. The molecule has 2 aromatic heterocycles. The van der Waals surface area contributed by atoms with Crippen molar-refractivity contribution in [2.75, 3.05) is 26.4 Å². The van der Waals surface area contributed by atoms with Gasteiger partial charge in [0.15, 0.2) is 0 Å². The first kappa shape index (κ1) is 15.5. The van der Waals surface area contributed by atoms with Crippen molar-refractivity contribution in [3.05, 3.63) is 30.9 Å². The van der Waals surface area contributed by atoms with Gasteiger partial charge in [-0.05, 0) is 38.6 Å². The molecule has 2 heterocycles. The van der Waals surface area contributed by atoms with Crippen LogP contribution >= 0.6 is 0 Å². The van der Waals surface area contributed by atoms with Crippen molar-refractivity contribution < 1.29 is 0 Å². The molecule has 2 aromatic rings. The van der Waals surface area contributed by atoms with Gasteiger partial charge in [0.1, 0.15) is 5.82 Å². The average molecular weight is 287 g/mol. The maximum Gasteiger partial charge on any atom is 0.132 e. The van der Waals surface area contributed by atoms with Gasteiger partial charge in [0, 0.05) is 24.3 Å². The zero-order valence-corrected chi connectivity index (χ0v) is 13.3. The Labute approximate surface area is 126 Å². The third-order valence-electron chi connectivity index (χ3n) is 3.49. The van der Waals surface area contributed by atoms with Crippen molar-refractivity contribution in [3.63, 3.8) is 0 Å². The van der Waals surface area contributed by atoms with E-state index < -0.39 is 0 Å². The van der Waals surface area contributed by atoms with Crippen molar-refractivity contribution in [1.82, 2.24) is 19.4 Å². The Bertz CT molecular complexity index is 564. The van der Waals surface area contributed by atoms with Crippen LogP contribution in [-0.2, 0) is 0 Å². The molecule has 0 aromatic carbocycles. The van der Waals surface area contributed by atoms with E-state index in [2.05, 4.69) is 47.4 Å². The maximum absolute atomic E-state index is 6.02. The molecule has 0 fully saturated rings. The molecule has 0 aliphatic heterocycles. The lowest BCUT2D eigenvalue weighted by molar-refractivity contribution is 0.290. The Hall–Kier alpha value is -1.88. The molecule has 2 N–H and O–H groups in total. The zero-order chi connectivity index (χ0) is 15.4. The molecular weight excluding hydrogens is 262 g/mol. The molecule has 0 amide bonds. The van der Waals surface area contributed by atoms with Crippen molar-refractivity contribution in [2.24, 2.45) is 5.92 Å². The highest BCUT2D eigenvalue weighted by Crippen LogP contribution is 2.29. The van der Waals surface area contributed by atoms with E-state index >= 15 is 0 Å². The number of nitrogens with zero attached hydrogens (tertiary/aromatic N) is 4. The van der Waals surface area contributed by atoms with Crippen molar-refractivity contribution in [1.29, 1.82) is 0 Å². The number of rotatable bonds is 6. The molecule has 5 nitrogen and oxygen atoms in total. The quantitative estimate of drug-likeness (QED) is 0.887. The summed E-state index contributed by atoms with van der Waals surface area (Å²) in [5.74, 6) is 1.17. The van der Waals surface area contributed by atoms with E-state index in [0.29, 0.717) is 17.8 Å². The fourth-order valence-electron chi connectivity index (χ4n) is 2.68. The monoisotopic (exact) mass is 287 g/mol. The first-order valence-electron chi connectivity index (χ1n) is 7.36. The van der Waals surface area contributed by atoms with Gasteiger partial charge in [-0.3, -0.25) is 0 Å². The van der Waals surface area contributed by atoms with Crippen LogP contribution in [0.2, 0.25) is 0 Å². The number of nitrogen functional groups attached to an aromatic ring is 1. The molecule has 1 unspecified atom stereocenters. The number of pyridine rings is 1. The van der Waals surface area contributed by atoms with Crippen LogP contribution in [0.3, 0.4) is 0 Å². The summed E-state index contributed by atoms with van der Waals surface area (Å²) >= 11 is 0. The van der Waals surface area contributed by atoms with Gasteiger partial charge in [0.05, 0.1) is 18.2 Å². The summed E-state index contributed by atoms with van der Waals surface area (Å²) in [6, 6.07) is 4.28. The van der Waals surface area contributed by atoms with E-state index in [1.54, 1.807) is 6.20 Å². The van der Waals surface area contributed by atoms with Gasteiger partial charge >= 0.3 is 0 Å². The highest BCUT2D eigenvalue weighted by atomic mass is 15.1. The zero-order valence-electron chi connectivity index (χ0n) is 13.3. The number of aromatic nitrogens is 3. The predicted molar refractivity (Wildman–Crippen MR) is 86.9 cm³/mol. The van der Waals surface area contributed by atoms with Crippen LogP contribution in [-0.4, -0.2) is 40.1 Å². The first-order chi connectivity index (χ1) is 9.99. The molecule has 114 valence electrons. The summed E-state index contributed by atoms with van der Waals surface area (Å²) in [5.41, 5.74) is 8.00. The van der Waals surface area contributed by atoms with Gasteiger partial charge in [0.2, 0.25) is 0 Å². The second-order valence-corrected chi connectivity index (χ2v) is 6.17. The van der Waals surface area contributed by atoms with Crippen molar-refractivity contribution in [2.45, 2.75) is 26.3 Å². The summed E-state index contributed by atoms with van der Waals surface area (Å²) in [6.45, 7) is 5.47.